The largest absolute Gasteiger partial charge is 0.473 e. The summed E-state index contributed by atoms with van der Waals surface area (Å²) in [6, 6.07) is 12.9. The third-order valence-electron chi connectivity index (χ3n) is 4.01. The van der Waals surface area contributed by atoms with Crippen LogP contribution in [-0.4, -0.2) is 16.8 Å². The molecular formula is C17H23N3O. The molecule has 4 heteroatoms. The van der Waals surface area contributed by atoms with Crippen LogP contribution in [0, 0.1) is 0 Å². The monoisotopic (exact) mass is 285 g/mol. The Morgan fingerprint density at radius 1 is 1.24 bits per heavy atom. The van der Waals surface area contributed by atoms with Crippen molar-refractivity contribution in [2.45, 2.75) is 44.9 Å². The van der Waals surface area contributed by atoms with Crippen LogP contribution in [0.3, 0.4) is 0 Å². The molecule has 0 atom stereocenters. The third kappa shape index (κ3) is 3.45. The Morgan fingerprint density at radius 2 is 2.00 bits per heavy atom. The molecule has 2 aromatic rings. The molecule has 0 aliphatic heterocycles. The van der Waals surface area contributed by atoms with Gasteiger partial charge >= 0.3 is 0 Å². The maximum Gasteiger partial charge on any atom is 0.212 e. The van der Waals surface area contributed by atoms with Crippen molar-refractivity contribution in [3.8, 4) is 5.88 Å². The zero-order valence-electron chi connectivity index (χ0n) is 12.6. The first-order chi connectivity index (χ1) is 10.4. The summed E-state index contributed by atoms with van der Waals surface area (Å²) >= 11 is 0. The Morgan fingerprint density at radius 3 is 2.71 bits per heavy atom. The van der Waals surface area contributed by atoms with Gasteiger partial charge in [-0.2, -0.15) is 5.10 Å². The molecule has 0 saturated heterocycles. The van der Waals surface area contributed by atoms with Gasteiger partial charge in [-0.25, -0.2) is 4.68 Å². The summed E-state index contributed by atoms with van der Waals surface area (Å²) < 4.78 is 8.14. The summed E-state index contributed by atoms with van der Waals surface area (Å²) in [5, 5.41) is 7.88. The fraction of sp³-hybridized carbons (Fsp3) is 0.471. The predicted molar refractivity (Wildman–Crippen MR) is 83.3 cm³/mol. The van der Waals surface area contributed by atoms with E-state index in [2.05, 4.69) is 28.2 Å². The molecule has 1 fully saturated rings. The van der Waals surface area contributed by atoms with Gasteiger partial charge in [0, 0.05) is 12.6 Å². The molecule has 1 aliphatic carbocycles. The molecule has 112 valence electrons. The molecule has 1 heterocycles. The lowest BCUT2D eigenvalue weighted by atomic mass is 10.2. The zero-order valence-corrected chi connectivity index (χ0v) is 12.6. The number of rotatable bonds is 6. The first-order valence-corrected chi connectivity index (χ1v) is 7.76. The first kappa shape index (κ1) is 14.1. The van der Waals surface area contributed by atoms with Gasteiger partial charge in [-0.15, -0.1) is 0 Å². The molecule has 0 radical (unpaired) electrons. The summed E-state index contributed by atoms with van der Waals surface area (Å²) in [7, 11) is 1.94. The number of nitrogens with zero attached hydrogens (tertiary/aromatic N) is 2. The Labute approximate surface area is 126 Å². The van der Waals surface area contributed by atoms with Gasteiger partial charge in [0.2, 0.25) is 5.88 Å². The minimum absolute atomic E-state index is 0.501. The normalized spacial score (nSPS) is 15.5. The van der Waals surface area contributed by atoms with E-state index in [1.807, 2.05) is 25.2 Å². The van der Waals surface area contributed by atoms with Crippen LogP contribution in [0.2, 0.25) is 0 Å². The van der Waals surface area contributed by atoms with Crippen molar-refractivity contribution in [1.82, 2.24) is 15.1 Å². The Balaban J connectivity index is 1.75. The second-order valence-electron chi connectivity index (χ2n) is 5.66. The summed E-state index contributed by atoms with van der Waals surface area (Å²) in [5.74, 6) is 0.899. The van der Waals surface area contributed by atoms with E-state index in [9.17, 15) is 0 Å². The van der Waals surface area contributed by atoms with Crippen molar-refractivity contribution in [3.05, 3.63) is 47.7 Å². The number of hydrogen-bond donors (Lipinski definition) is 1. The number of aromatic nitrogens is 2. The quantitative estimate of drug-likeness (QED) is 0.885. The van der Waals surface area contributed by atoms with E-state index in [1.54, 1.807) is 0 Å². The minimum atomic E-state index is 0.501. The van der Waals surface area contributed by atoms with Crippen LogP contribution >= 0.6 is 0 Å². The van der Waals surface area contributed by atoms with Crippen LogP contribution in [0.15, 0.2) is 36.4 Å². The summed E-state index contributed by atoms with van der Waals surface area (Å²) in [5.41, 5.74) is 2.24. The van der Waals surface area contributed by atoms with Crippen molar-refractivity contribution in [1.29, 1.82) is 0 Å². The fourth-order valence-corrected chi connectivity index (χ4v) is 2.94. The molecule has 0 spiro atoms. The van der Waals surface area contributed by atoms with Gasteiger partial charge < -0.3 is 10.1 Å². The number of nitrogens with one attached hydrogen (secondary N) is 1. The lowest BCUT2D eigenvalue weighted by molar-refractivity contribution is 0.259. The standard InChI is InChI=1S/C17H23N3O/c1-18-12-15-11-17(20(19-15)16-9-5-6-10-16)21-13-14-7-3-2-4-8-14/h2-4,7-8,11,16,18H,5-6,9-10,12-13H2,1H3. The number of hydrogen-bond acceptors (Lipinski definition) is 3. The average Bonchev–Trinajstić information content (AvgIpc) is 3.15. The summed E-state index contributed by atoms with van der Waals surface area (Å²) in [4.78, 5) is 0. The minimum Gasteiger partial charge on any atom is -0.473 e. The highest BCUT2D eigenvalue weighted by molar-refractivity contribution is 5.19. The highest BCUT2D eigenvalue weighted by atomic mass is 16.5. The lowest BCUT2D eigenvalue weighted by Crippen LogP contribution is -2.11. The van der Waals surface area contributed by atoms with E-state index < -0.39 is 0 Å². The molecule has 1 aromatic heterocycles. The van der Waals surface area contributed by atoms with Gasteiger partial charge in [-0.05, 0) is 25.5 Å². The Bertz CT molecular complexity index is 559. The van der Waals surface area contributed by atoms with Crippen LogP contribution in [0.5, 0.6) is 5.88 Å². The Hall–Kier alpha value is -1.81. The predicted octanol–water partition coefficient (Wildman–Crippen LogP) is 3.30. The van der Waals surface area contributed by atoms with E-state index in [1.165, 1.54) is 31.2 Å². The van der Waals surface area contributed by atoms with Crippen molar-refractivity contribution >= 4 is 0 Å². The van der Waals surface area contributed by atoms with E-state index in [0.717, 1.165) is 18.1 Å². The molecule has 1 N–H and O–H groups in total. The highest BCUT2D eigenvalue weighted by Gasteiger charge is 2.22. The van der Waals surface area contributed by atoms with Crippen molar-refractivity contribution < 1.29 is 4.74 Å². The van der Waals surface area contributed by atoms with E-state index in [0.29, 0.717) is 12.6 Å². The van der Waals surface area contributed by atoms with Crippen LogP contribution in [-0.2, 0) is 13.2 Å². The molecule has 3 rings (SSSR count). The number of ether oxygens (including phenoxy) is 1. The maximum absolute atomic E-state index is 6.04. The van der Waals surface area contributed by atoms with Gasteiger partial charge in [-0.1, -0.05) is 43.2 Å². The zero-order chi connectivity index (χ0) is 14.5. The summed E-state index contributed by atoms with van der Waals surface area (Å²) in [6.45, 7) is 1.37. The Kier molecular flexibility index (Phi) is 4.55. The topological polar surface area (TPSA) is 39.1 Å². The SMILES string of the molecule is CNCc1cc(OCc2ccccc2)n(C2CCCC2)n1. The van der Waals surface area contributed by atoms with Crippen LogP contribution in [0.25, 0.3) is 0 Å². The smallest absolute Gasteiger partial charge is 0.212 e. The highest BCUT2D eigenvalue weighted by Crippen LogP contribution is 2.33. The van der Waals surface area contributed by atoms with Gasteiger partial charge in [-0.3, -0.25) is 0 Å². The maximum atomic E-state index is 6.04. The summed E-state index contributed by atoms with van der Waals surface area (Å²) in [6.07, 6.45) is 5.01. The molecule has 4 nitrogen and oxygen atoms in total. The molecule has 1 aromatic carbocycles. The van der Waals surface area contributed by atoms with E-state index >= 15 is 0 Å². The molecule has 0 bridgehead atoms. The second-order valence-corrected chi connectivity index (χ2v) is 5.66. The van der Waals surface area contributed by atoms with E-state index in [-0.39, 0.29) is 0 Å². The van der Waals surface area contributed by atoms with Crippen molar-refractivity contribution in [3.63, 3.8) is 0 Å². The van der Waals surface area contributed by atoms with Gasteiger partial charge in [0.1, 0.15) is 6.61 Å². The van der Waals surface area contributed by atoms with Crippen LogP contribution in [0.4, 0.5) is 0 Å². The molecular weight excluding hydrogens is 262 g/mol. The van der Waals surface area contributed by atoms with Gasteiger partial charge in [0.15, 0.2) is 0 Å². The second kappa shape index (κ2) is 6.76. The van der Waals surface area contributed by atoms with E-state index in [4.69, 9.17) is 9.84 Å². The molecule has 1 aliphatic rings. The molecule has 1 saturated carbocycles. The van der Waals surface area contributed by atoms with Gasteiger partial charge in [0.25, 0.3) is 0 Å². The van der Waals surface area contributed by atoms with Crippen LogP contribution < -0.4 is 10.1 Å². The van der Waals surface area contributed by atoms with Crippen molar-refractivity contribution in [2.75, 3.05) is 7.05 Å². The molecule has 0 unspecified atom stereocenters. The third-order valence-corrected chi connectivity index (χ3v) is 4.01. The average molecular weight is 285 g/mol. The number of benzene rings is 1. The first-order valence-electron chi connectivity index (χ1n) is 7.76. The molecule has 0 amide bonds. The van der Waals surface area contributed by atoms with Crippen LogP contribution in [0.1, 0.15) is 43.0 Å². The van der Waals surface area contributed by atoms with Gasteiger partial charge in [0.05, 0.1) is 11.7 Å². The molecule has 21 heavy (non-hydrogen) atoms. The lowest BCUT2D eigenvalue weighted by Gasteiger charge is -2.14. The fourth-order valence-electron chi connectivity index (χ4n) is 2.94. The van der Waals surface area contributed by atoms with Crippen molar-refractivity contribution in [2.24, 2.45) is 0 Å².